The minimum Gasteiger partial charge on any atom is -0.463 e. The lowest BCUT2D eigenvalue weighted by molar-refractivity contribution is -0.144. The largest absolute Gasteiger partial charge is 0.463 e. The van der Waals surface area contributed by atoms with Crippen LogP contribution in [0, 0.1) is 0 Å². The monoisotopic (exact) mass is 250 g/mol. The van der Waals surface area contributed by atoms with Crippen molar-refractivity contribution in [3.8, 4) is 0 Å². The maximum absolute atomic E-state index is 10.9. The van der Waals surface area contributed by atoms with Crippen LogP contribution < -0.4 is 11.5 Å². The summed E-state index contributed by atoms with van der Waals surface area (Å²) in [5.74, 6) is 0.184. The zero-order valence-corrected chi connectivity index (χ0v) is 9.67. The Labute approximate surface area is 96.0 Å². The molecule has 0 aromatic carbocycles. The number of halogens is 2. The van der Waals surface area contributed by atoms with Gasteiger partial charge in [-0.05, 0) is 12.2 Å². The van der Waals surface area contributed by atoms with Gasteiger partial charge in [-0.15, -0.1) is 24.8 Å². The number of esters is 1. The number of nitrogens with two attached hydrogens (primary N) is 2. The molecule has 0 spiro atoms. The molecule has 0 radical (unpaired) electrons. The maximum atomic E-state index is 10.9. The van der Waals surface area contributed by atoms with Crippen molar-refractivity contribution < 1.29 is 9.53 Å². The first-order valence-corrected chi connectivity index (χ1v) is 4.08. The molecule has 0 saturated heterocycles. The SMILES string of the molecule is Cl.Cl.NCCOC(=O)C(N)CCS. The summed E-state index contributed by atoms with van der Waals surface area (Å²) in [4.78, 5) is 10.9. The predicted molar refractivity (Wildman–Crippen MR) is 61.0 cm³/mol. The van der Waals surface area contributed by atoms with Gasteiger partial charge < -0.3 is 16.2 Å². The Balaban J connectivity index is -0.000000500. The van der Waals surface area contributed by atoms with Crippen LogP contribution in [0.4, 0.5) is 0 Å². The predicted octanol–water partition coefficient (Wildman–Crippen LogP) is -0.0209. The highest BCUT2D eigenvalue weighted by atomic mass is 35.5. The van der Waals surface area contributed by atoms with Gasteiger partial charge in [0.1, 0.15) is 12.6 Å². The van der Waals surface area contributed by atoms with E-state index < -0.39 is 12.0 Å². The molecule has 0 aromatic heterocycles. The van der Waals surface area contributed by atoms with E-state index in [0.29, 0.717) is 18.7 Å². The summed E-state index contributed by atoms with van der Waals surface area (Å²) < 4.78 is 4.68. The van der Waals surface area contributed by atoms with Crippen LogP contribution in [0.5, 0.6) is 0 Å². The second-order valence-corrected chi connectivity index (χ2v) is 2.52. The number of carbonyl (C=O) groups excluding carboxylic acids is 1. The minimum atomic E-state index is -0.556. The van der Waals surface area contributed by atoms with E-state index >= 15 is 0 Å². The van der Waals surface area contributed by atoms with Gasteiger partial charge in [-0.1, -0.05) is 0 Å². The first kappa shape index (κ1) is 19.0. The average Bonchev–Trinajstić information content (AvgIpc) is 2.00. The molecule has 0 heterocycles. The van der Waals surface area contributed by atoms with Crippen LogP contribution in [-0.2, 0) is 9.53 Å². The third kappa shape index (κ3) is 10.2. The van der Waals surface area contributed by atoms with Crippen LogP contribution in [0.15, 0.2) is 0 Å². The van der Waals surface area contributed by atoms with Crippen LogP contribution in [-0.4, -0.2) is 30.9 Å². The van der Waals surface area contributed by atoms with Crippen molar-refractivity contribution in [3.05, 3.63) is 0 Å². The van der Waals surface area contributed by atoms with E-state index in [1.165, 1.54) is 0 Å². The smallest absolute Gasteiger partial charge is 0.322 e. The van der Waals surface area contributed by atoms with Gasteiger partial charge in [-0.25, -0.2) is 0 Å². The summed E-state index contributed by atoms with van der Waals surface area (Å²) in [6.07, 6.45) is 0.534. The molecule has 82 valence electrons. The zero-order valence-electron chi connectivity index (χ0n) is 7.14. The Kier molecular flexibility index (Phi) is 18.0. The van der Waals surface area contributed by atoms with Gasteiger partial charge >= 0.3 is 5.97 Å². The Morgan fingerprint density at radius 1 is 1.46 bits per heavy atom. The summed E-state index contributed by atoms with van der Waals surface area (Å²) in [5, 5.41) is 0. The molecule has 0 amide bonds. The third-order valence-corrected chi connectivity index (χ3v) is 1.36. The van der Waals surface area contributed by atoms with Crippen LogP contribution in [0.3, 0.4) is 0 Å². The van der Waals surface area contributed by atoms with Crippen LogP contribution >= 0.6 is 37.4 Å². The Morgan fingerprint density at radius 3 is 2.38 bits per heavy atom. The van der Waals surface area contributed by atoms with Gasteiger partial charge in [-0.2, -0.15) is 12.6 Å². The molecule has 0 aliphatic heterocycles. The molecule has 7 heteroatoms. The van der Waals surface area contributed by atoms with Crippen molar-refractivity contribution in [1.29, 1.82) is 0 Å². The van der Waals surface area contributed by atoms with E-state index in [1.54, 1.807) is 0 Å². The van der Waals surface area contributed by atoms with E-state index in [-0.39, 0.29) is 31.4 Å². The molecule has 4 N–H and O–H groups in total. The summed E-state index contributed by atoms with van der Waals surface area (Å²) in [7, 11) is 0. The van der Waals surface area contributed by atoms with Crippen molar-refractivity contribution in [2.45, 2.75) is 12.5 Å². The fourth-order valence-electron chi connectivity index (χ4n) is 0.523. The van der Waals surface area contributed by atoms with E-state index in [4.69, 9.17) is 11.5 Å². The topological polar surface area (TPSA) is 78.3 Å². The van der Waals surface area contributed by atoms with E-state index in [1.807, 2.05) is 0 Å². The highest BCUT2D eigenvalue weighted by Gasteiger charge is 2.12. The second-order valence-electron chi connectivity index (χ2n) is 2.07. The molecule has 0 bridgehead atoms. The van der Waals surface area contributed by atoms with Gasteiger partial charge in [0.05, 0.1) is 0 Å². The average molecular weight is 251 g/mol. The van der Waals surface area contributed by atoms with Gasteiger partial charge in [-0.3, -0.25) is 4.79 Å². The molecule has 1 unspecified atom stereocenters. The number of ether oxygens (including phenoxy) is 1. The molecule has 13 heavy (non-hydrogen) atoms. The Bertz CT molecular complexity index is 129. The number of carbonyl (C=O) groups is 1. The van der Waals surface area contributed by atoms with Crippen molar-refractivity contribution in [3.63, 3.8) is 0 Å². The second kappa shape index (κ2) is 12.3. The molecule has 0 aromatic rings. The lowest BCUT2D eigenvalue weighted by atomic mass is 10.2. The number of hydrogen-bond acceptors (Lipinski definition) is 5. The molecular formula is C6H16Cl2N2O2S. The summed E-state index contributed by atoms with van der Waals surface area (Å²) >= 11 is 3.93. The van der Waals surface area contributed by atoms with Gasteiger partial charge in [0.25, 0.3) is 0 Å². The van der Waals surface area contributed by atoms with Gasteiger partial charge in [0.2, 0.25) is 0 Å². The van der Waals surface area contributed by atoms with Crippen LogP contribution in [0.2, 0.25) is 0 Å². The molecular weight excluding hydrogens is 235 g/mol. The lowest BCUT2D eigenvalue weighted by Crippen LogP contribution is -2.33. The standard InChI is InChI=1S/C6H14N2O2S.2ClH/c7-2-3-10-6(9)5(8)1-4-11;;/h5,11H,1-4,7-8H2;2*1H. The fraction of sp³-hybridized carbons (Fsp3) is 0.833. The van der Waals surface area contributed by atoms with Crippen molar-refractivity contribution in [2.24, 2.45) is 11.5 Å². The molecule has 4 nitrogen and oxygen atoms in total. The molecule has 0 saturated carbocycles. The maximum Gasteiger partial charge on any atom is 0.322 e. The Morgan fingerprint density at radius 2 is 2.00 bits per heavy atom. The van der Waals surface area contributed by atoms with Crippen LogP contribution in [0.1, 0.15) is 6.42 Å². The molecule has 0 fully saturated rings. The number of hydrogen-bond donors (Lipinski definition) is 3. The fourth-order valence-corrected chi connectivity index (χ4v) is 0.802. The first-order chi connectivity index (χ1) is 5.22. The van der Waals surface area contributed by atoms with E-state index in [9.17, 15) is 4.79 Å². The summed E-state index contributed by atoms with van der Waals surface area (Å²) in [6.45, 7) is 0.568. The van der Waals surface area contributed by atoms with Crippen molar-refractivity contribution in [1.82, 2.24) is 0 Å². The summed E-state index contributed by atoms with van der Waals surface area (Å²) in [5.41, 5.74) is 10.5. The highest BCUT2D eigenvalue weighted by molar-refractivity contribution is 7.80. The number of rotatable bonds is 5. The van der Waals surface area contributed by atoms with Gasteiger partial charge in [0.15, 0.2) is 0 Å². The molecule has 0 aliphatic carbocycles. The summed E-state index contributed by atoms with van der Waals surface area (Å²) in [6, 6.07) is -0.556. The Hall–Kier alpha value is 0.320. The van der Waals surface area contributed by atoms with E-state index in [0.717, 1.165) is 0 Å². The number of thiol groups is 1. The normalized spacial score (nSPS) is 10.7. The highest BCUT2D eigenvalue weighted by Crippen LogP contribution is 1.93. The molecule has 1 atom stereocenters. The molecule has 0 aliphatic rings. The minimum absolute atomic E-state index is 0. The van der Waals surface area contributed by atoms with Crippen LogP contribution in [0.25, 0.3) is 0 Å². The lowest BCUT2D eigenvalue weighted by Gasteiger charge is -2.08. The van der Waals surface area contributed by atoms with E-state index in [2.05, 4.69) is 17.4 Å². The quantitative estimate of drug-likeness (QED) is 0.474. The molecule has 0 rings (SSSR count). The van der Waals surface area contributed by atoms with Gasteiger partial charge in [0, 0.05) is 6.54 Å². The van der Waals surface area contributed by atoms with Crippen molar-refractivity contribution in [2.75, 3.05) is 18.9 Å². The first-order valence-electron chi connectivity index (χ1n) is 3.45. The van der Waals surface area contributed by atoms with Crippen molar-refractivity contribution >= 4 is 43.4 Å². The third-order valence-electron chi connectivity index (χ3n) is 1.11. The zero-order chi connectivity index (χ0) is 8.69.